The summed E-state index contributed by atoms with van der Waals surface area (Å²) in [5.41, 5.74) is 5.39. The van der Waals surface area contributed by atoms with Gasteiger partial charge in [-0.1, -0.05) is 204 Å². The molecule has 0 aromatic carbocycles. The molecule has 2 unspecified atom stereocenters. The van der Waals surface area contributed by atoms with Gasteiger partial charge in [0, 0.05) is 19.6 Å². The Balaban J connectivity index is 3.93. The molecule has 9 heteroatoms. The van der Waals surface area contributed by atoms with Gasteiger partial charge in [0.25, 0.3) is 0 Å². The number of allylic oxidation sites excluding steroid dienone is 8. The van der Waals surface area contributed by atoms with Crippen LogP contribution in [0, 0.1) is 0 Å². The highest BCUT2D eigenvalue weighted by Gasteiger charge is 2.25. The van der Waals surface area contributed by atoms with Gasteiger partial charge in [0.2, 0.25) is 0 Å². The van der Waals surface area contributed by atoms with Crippen LogP contribution in [-0.2, 0) is 27.9 Å². The zero-order valence-corrected chi connectivity index (χ0v) is 40.8. The molecule has 0 saturated heterocycles. The largest absolute Gasteiger partial charge is 0.472 e. The lowest BCUT2D eigenvalue weighted by molar-refractivity contribution is -0.154. The second-order valence-electron chi connectivity index (χ2n) is 17.0. The molecule has 2 atom stereocenters. The van der Waals surface area contributed by atoms with E-state index in [2.05, 4.69) is 62.5 Å². The summed E-state index contributed by atoms with van der Waals surface area (Å²) < 4.78 is 33.6. The second-order valence-corrected chi connectivity index (χ2v) is 18.5. The standard InChI is InChI=1S/C52H98NO7P/c1-3-5-7-9-11-13-15-17-19-21-22-23-24-25-26-27-28-29-30-32-34-36-38-40-42-44-47-57-49-51(50-59-61(55,56)58-48-46-53)60-52(54)45-43-41-39-37-35-33-31-20-18-16-14-12-10-8-6-4-2/h15,17,20-22,24-25,31,51H,3-14,16,18-19,23,26-30,32-50,53H2,1-2H3,(H,55,56)/b17-15-,22-21-,25-24-,31-20-. The van der Waals surface area contributed by atoms with Gasteiger partial charge in [-0.3, -0.25) is 13.8 Å². The van der Waals surface area contributed by atoms with Gasteiger partial charge in [-0.2, -0.15) is 0 Å². The van der Waals surface area contributed by atoms with Gasteiger partial charge in [-0.05, 0) is 77.0 Å². The quantitative estimate of drug-likeness (QED) is 0.0269. The SMILES string of the molecule is CCCCCCC/C=C\C/C=C\C/C=C\CCCCCCCCCCCCCOCC(COP(=O)(O)OCCN)OC(=O)CCCCCCC/C=C\CCCCCCCCC. The first kappa shape index (κ1) is 59.5. The van der Waals surface area contributed by atoms with Crippen molar-refractivity contribution < 1.29 is 32.8 Å². The summed E-state index contributed by atoms with van der Waals surface area (Å²) in [5, 5.41) is 0. The first-order valence-corrected chi connectivity index (χ1v) is 27.1. The van der Waals surface area contributed by atoms with Crippen LogP contribution < -0.4 is 5.73 Å². The smallest absolute Gasteiger partial charge is 0.457 e. The van der Waals surface area contributed by atoms with Crippen molar-refractivity contribution in [1.29, 1.82) is 0 Å². The Morgan fingerprint density at radius 1 is 0.492 bits per heavy atom. The van der Waals surface area contributed by atoms with Crippen LogP contribution in [0.25, 0.3) is 0 Å². The van der Waals surface area contributed by atoms with Crippen molar-refractivity contribution in [3.8, 4) is 0 Å². The molecule has 0 fully saturated rings. The predicted octanol–water partition coefficient (Wildman–Crippen LogP) is 15.9. The minimum atomic E-state index is -4.28. The summed E-state index contributed by atoms with van der Waals surface area (Å²) in [6.45, 7) is 4.91. The number of carbonyl (C=O) groups excluding carboxylic acids is 1. The van der Waals surface area contributed by atoms with Crippen LogP contribution in [0.3, 0.4) is 0 Å². The third-order valence-corrected chi connectivity index (χ3v) is 12.0. The highest BCUT2D eigenvalue weighted by molar-refractivity contribution is 7.47. The fourth-order valence-electron chi connectivity index (χ4n) is 7.18. The molecule has 0 spiro atoms. The van der Waals surface area contributed by atoms with Crippen LogP contribution >= 0.6 is 7.82 Å². The average molecular weight is 880 g/mol. The summed E-state index contributed by atoms with van der Waals surface area (Å²) in [6.07, 6.45) is 60.0. The van der Waals surface area contributed by atoms with Crippen molar-refractivity contribution in [2.24, 2.45) is 5.73 Å². The van der Waals surface area contributed by atoms with E-state index in [1.807, 2.05) is 0 Å². The van der Waals surface area contributed by atoms with Gasteiger partial charge in [0.15, 0.2) is 0 Å². The Hall–Kier alpha value is -1.54. The molecular formula is C52H98NO7P. The molecule has 0 bridgehead atoms. The van der Waals surface area contributed by atoms with Crippen LogP contribution in [0.1, 0.15) is 239 Å². The maximum absolute atomic E-state index is 12.6. The van der Waals surface area contributed by atoms with Crippen molar-refractivity contribution in [3.63, 3.8) is 0 Å². The maximum atomic E-state index is 12.6. The van der Waals surface area contributed by atoms with E-state index in [4.69, 9.17) is 24.3 Å². The maximum Gasteiger partial charge on any atom is 0.472 e. The van der Waals surface area contributed by atoms with Crippen molar-refractivity contribution in [1.82, 2.24) is 0 Å². The number of phosphoric ester groups is 1. The van der Waals surface area contributed by atoms with Gasteiger partial charge in [-0.15, -0.1) is 0 Å². The predicted molar refractivity (Wildman–Crippen MR) is 261 cm³/mol. The zero-order chi connectivity index (χ0) is 44.4. The minimum Gasteiger partial charge on any atom is -0.457 e. The Bertz CT molecular complexity index is 1080. The monoisotopic (exact) mass is 880 g/mol. The molecule has 0 aromatic heterocycles. The van der Waals surface area contributed by atoms with E-state index in [1.165, 1.54) is 161 Å². The van der Waals surface area contributed by atoms with E-state index in [-0.39, 0.29) is 32.3 Å². The van der Waals surface area contributed by atoms with Gasteiger partial charge in [-0.25, -0.2) is 4.57 Å². The Labute approximate surface area is 377 Å². The highest BCUT2D eigenvalue weighted by atomic mass is 31.2. The third kappa shape index (κ3) is 49.3. The van der Waals surface area contributed by atoms with Gasteiger partial charge >= 0.3 is 13.8 Å². The number of nitrogens with two attached hydrogens (primary N) is 1. The molecule has 8 nitrogen and oxygen atoms in total. The van der Waals surface area contributed by atoms with E-state index in [9.17, 15) is 14.3 Å². The van der Waals surface area contributed by atoms with E-state index in [0.29, 0.717) is 13.0 Å². The van der Waals surface area contributed by atoms with Crippen molar-refractivity contribution in [2.75, 3.05) is 33.0 Å². The number of ether oxygens (including phenoxy) is 2. The number of hydrogen-bond donors (Lipinski definition) is 2. The number of phosphoric acid groups is 1. The molecule has 0 heterocycles. The topological polar surface area (TPSA) is 117 Å². The summed E-state index contributed by atoms with van der Waals surface area (Å²) in [6, 6.07) is 0. The van der Waals surface area contributed by atoms with Gasteiger partial charge in [0.05, 0.1) is 19.8 Å². The summed E-state index contributed by atoms with van der Waals surface area (Å²) in [7, 11) is -4.28. The van der Waals surface area contributed by atoms with E-state index in [1.54, 1.807) is 0 Å². The highest BCUT2D eigenvalue weighted by Crippen LogP contribution is 2.43. The molecule has 0 saturated carbocycles. The molecule has 0 aromatic rings. The van der Waals surface area contributed by atoms with Gasteiger partial charge in [0.1, 0.15) is 6.10 Å². The molecule has 0 aliphatic carbocycles. The number of carbonyl (C=O) groups is 1. The molecule has 0 rings (SSSR count). The normalized spacial score (nSPS) is 13.7. The van der Waals surface area contributed by atoms with E-state index in [0.717, 1.165) is 57.8 Å². The van der Waals surface area contributed by atoms with Gasteiger partial charge < -0.3 is 20.1 Å². The fraction of sp³-hybridized carbons (Fsp3) is 0.827. The number of rotatable bonds is 49. The Kier molecular flexibility index (Phi) is 48.2. The molecule has 0 aliphatic heterocycles. The average Bonchev–Trinajstić information content (AvgIpc) is 3.25. The molecule has 0 amide bonds. The molecule has 61 heavy (non-hydrogen) atoms. The van der Waals surface area contributed by atoms with Crippen LogP contribution in [0.4, 0.5) is 0 Å². The lowest BCUT2D eigenvalue weighted by Crippen LogP contribution is -2.28. The fourth-order valence-corrected chi connectivity index (χ4v) is 7.94. The van der Waals surface area contributed by atoms with Crippen molar-refractivity contribution in [2.45, 2.75) is 245 Å². The number of unbranched alkanes of at least 4 members (excludes halogenated alkanes) is 28. The molecule has 3 N–H and O–H groups in total. The molecular weight excluding hydrogens is 782 g/mol. The summed E-state index contributed by atoms with van der Waals surface area (Å²) >= 11 is 0. The third-order valence-electron chi connectivity index (χ3n) is 11.0. The van der Waals surface area contributed by atoms with E-state index >= 15 is 0 Å². The lowest BCUT2D eigenvalue weighted by atomic mass is 10.1. The molecule has 0 radical (unpaired) electrons. The number of esters is 1. The van der Waals surface area contributed by atoms with Crippen molar-refractivity contribution in [3.05, 3.63) is 48.6 Å². The van der Waals surface area contributed by atoms with E-state index < -0.39 is 13.9 Å². The van der Waals surface area contributed by atoms with Crippen LogP contribution in [0.2, 0.25) is 0 Å². The lowest BCUT2D eigenvalue weighted by Gasteiger charge is -2.20. The minimum absolute atomic E-state index is 0.0979. The van der Waals surface area contributed by atoms with Crippen LogP contribution in [0.15, 0.2) is 48.6 Å². The number of hydrogen-bond acceptors (Lipinski definition) is 7. The first-order valence-electron chi connectivity index (χ1n) is 25.6. The Morgan fingerprint density at radius 2 is 0.869 bits per heavy atom. The molecule has 0 aliphatic rings. The second kappa shape index (κ2) is 49.5. The summed E-state index contributed by atoms with van der Waals surface area (Å²) in [4.78, 5) is 22.6. The summed E-state index contributed by atoms with van der Waals surface area (Å²) in [5.74, 6) is -0.338. The zero-order valence-electron chi connectivity index (χ0n) is 39.9. The Morgan fingerprint density at radius 3 is 1.31 bits per heavy atom. The van der Waals surface area contributed by atoms with Crippen LogP contribution in [0.5, 0.6) is 0 Å². The van der Waals surface area contributed by atoms with Crippen molar-refractivity contribution >= 4 is 13.8 Å². The first-order chi connectivity index (χ1) is 29.9. The van der Waals surface area contributed by atoms with Crippen LogP contribution in [-0.4, -0.2) is 49.9 Å². The molecule has 358 valence electrons.